The molecule has 2 heterocycles. The average molecular weight is 792 g/mol. The number of fused-ring (bicyclic) bond motifs is 6. The molecule has 60 heavy (non-hydrogen) atoms. The highest BCUT2D eigenvalue weighted by Crippen LogP contribution is 2.46. The number of H-pyrrole nitrogens is 1. The van der Waals surface area contributed by atoms with E-state index in [1.807, 2.05) is 0 Å². The van der Waals surface area contributed by atoms with Crippen LogP contribution >= 0.6 is 12.6 Å². The number of thiol groups is 1. The third-order valence-corrected chi connectivity index (χ3v) is 12.6. The Bertz CT molecular complexity index is 3010. The number of allylic oxidation sites excluding steroid dienone is 5. The Kier molecular flexibility index (Phi) is 9.89. The predicted molar refractivity (Wildman–Crippen MR) is 268 cm³/mol. The first kappa shape index (κ1) is 37.9. The van der Waals surface area contributed by atoms with E-state index in [1.165, 1.54) is 83.0 Å². The van der Waals surface area contributed by atoms with Crippen molar-refractivity contribution < 1.29 is 0 Å². The molecule has 7 aromatic carbocycles. The molecule has 3 nitrogen and oxygen atoms in total. The number of aromatic nitrogens is 1. The summed E-state index contributed by atoms with van der Waals surface area (Å²) in [6.07, 6.45) is 12.2. The topological polar surface area (TPSA) is 22.3 Å². The fraction of sp³-hybridized carbons (Fsp3) is 0.111. The third kappa shape index (κ3) is 6.60. The van der Waals surface area contributed by atoms with Crippen molar-refractivity contribution >= 4 is 112 Å². The highest BCUT2D eigenvalue weighted by molar-refractivity contribution is 7.80. The van der Waals surface area contributed by atoms with Crippen LogP contribution in [0.1, 0.15) is 50.4 Å². The second-order valence-electron chi connectivity index (χ2n) is 16.3. The van der Waals surface area contributed by atoms with Gasteiger partial charge in [0.1, 0.15) is 7.85 Å². The lowest BCUT2D eigenvalue weighted by Gasteiger charge is -2.37. The molecule has 1 aliphatic heterocycles. The van der Waals surface area contributed by atoms with Crippen LogP contribution in [0.5, 0.6) is 0 Å². The molecule has 1 N–H and O–H groups in total. The zero-order valence-electron chi connectivity index (χ0n) is 34.8. The maximum Gasteiger partial charge on any atom is 0.198 e. The minimum absolute atomic E-state index is 0.791. The van der Waals surface area contributed by atoms with E-state index in [9.17, 15) is 0 Å². The van der Waals surface area contributed by atoms with Crippen molar-refractivity contribution in [2.45, 2.75) is 44.9 Å². The molecule has 0 atom stereocenters. The molecule has 10 rings (SSSR count). The van der Waals surface area contributed by atoms with E-state index < -0.39 is 0 Å². The number of aryl methyl sites for hydroxylation is 1. The molecule has 0 radical (unpaired) electrons. The van der Waals surface area contributed by atoms with E-state index in [0.717, 1.165) is 59.8 Å². The summed E-state index contributed by atoms with van der Waals surface area (Å²) >= 11 is 4.93. The second-order valence-corrected chi connectivity index (χ2v) is 16.8. The maximum atomic E-state index is 4.93. The second kappa shape index (κ2) is 15.7. The Balaban J connectivity index is 1.29. The summed E-state index contributed by atoms with van der Waals surface area (Å²) in [6, 6.07) is 51.3. The molecule has 290 valence electrons. The summed E-state index contributed by atoms with van der Waals surface area (Å²) < 4.78 is 0. The van der Waals surface area contributed by atoms with Crippen molar-refractivity contribution in [1.82, 2.24) is 4.98 Å². The zero-order valence-corrected chi connectivity index (χ0v) is 35.7. The smallest absolute Gasteiger partial charge is 0.198 e. The molecule has 0 saturated carbocycles. The number of para-hydroxylation sites is 2. The number of rotatable bonds is 8. The molecule has 0 fully saturated rings. The summed E-state index contributed by atoms with van der Waals surface area (Å²) in [6.45, 7) is 6.59. The number of nitrogens with one attached hydrogen (secondary N) is 1. The zero-order chi connectivity index (χ0) is 40.9. The molecule has 2 aliphatic rings. The number of hydrogen-bond acceptors (Lipinski definition) is 3. The Morgan fingerprint density at radius 3 is 2.28 bits per heavy atom. The molecule has 1 aliphatic carbocycles. The first-order valence-corrected chi connectivity index (χ1v) is 21.7. The van der Waals surface area contributed by atoms with Crippen LogP contribution < -0.4 is 26.2 Å². The normalized spacial score (nSPS) is 13.6. The van der Waals surface area contributed by atoms with E-state index in [2.05, 4.69) is 207 Å². The van der Waals surface area contributed by atoms with Gasteiger partial charge in [-0.2, -0.15) is 0 Å². The summed E-state index contributed by atoms with van der Waals surface area (Å²) in [5.41, 5.74) is 20.9. The Hall–Kier alpha value is -6.36. The predicted octanol–water partition coefficient (Wildman–Crippen LogP) is 11.9. The fourth-order valence-electron chi connectivity index (χ4n) is 9.54. The first-order chi connectivity index (χ1) is 29.4. The van der Waals surface area contributed by atoms with Gasteiger partial charge in [-0.05, 0) is 121 Å². The van der Waals surface area contributed by atoms with E-state index in [-0.39, 0.29) is 0 Å². The maximum absolute atomic E-state index is 4.93. The van der Waals surface area contributed by atoms with Crippen molar-refractivity contribution in [3.63, 3.8) is 0 Å². The van der Waals surface area contributed by atoms with Crippen LogP contribution in [-0.4, -0.2) is 20.1 Å². The molecular weight excluding hydrogens is 744 g/mol. The monoisotopic (exact) mass is 791 g/mol. The van der Waals surface area contributed by atoms with Gasteiger partial charge in [-0.1, -0.05) is 127 Å². The van der Waals surface area contributed by atoms with Gasteiger partial charge in [-0.25, -0.2) is 0 Å². The number of anilines is 6. The molecule has 6 heteroatoms. The third-order valence-electron chi connectivity index (χ3n) is 12.3. The largest absolute Gasteiger partial charge is 0.357 e. The van der Waals surface area contributed by atoms with E-state index in [0.29, 0.717) is 0 Å². The summed E-state index contributed by atoms with van der Waals surface area (Å²) in [5, 5.41) is 3.80. The van der Waals surface area contributed by atoms with Crippen LogP contribution in [0.15, 0.2) is 168 Å². The van der Waals surface area contributed by atoms with Crippen LogP contribution in [0.2, 0.25) is 0 Å². The number of benzene rings is 7. The van der Waals surface area contributed by atoms with Gasteiger partial charge >= 0.3 is 0 Å². The highest BCUT2D eigenvalue weighted by Gasteiger charge is 2.32. The number of aromatic amines is 1. The highest BCUT2D eigenvalue weighted by atomic mass is 32.1. The standard InChI is InChI=1S/C54H47B2N3S/c1-4-6-15-35(5-2)43-33-41(60)24-27-49(43)59-50-32-40(58(38-17-9-7-10-18-38)39-19-11-8-12-20-39)23-25-47(50)56-53-51(59)29-36-16-13-14-21-42(36)52(53)46-31-37(55)30-45-44-28-34(3)22-26-48(44)57-54(45)46/h5-21,23-25,27-33,56-57,60H,4,22,26,55H2,1-3H3/b15-6-,35-5+. The van der Waals surface area contributed by atoms with Gasteiger partial charge in [-0.3, -0.25) is 0 Å². The fourth-order valence-corrected chi connectivity index (χ4v) is 9.75. The van der Waals surface area contributed by atoms with Crippen molar-refractivity contribution in [3.8, 4) is 11.1 Å². The molecule has 0 amide bonds. The van der Waals surface area contributed by atoms with E-state index in [1.54, 1.807) is 0 Å². The van der Waals surface area contributed by atoms with Crippen molar-refractivity contribution in [2.24, 2.45) is 0 Å². The van der Waals surface area contributed by atoms with Crippen LogP contribution in [0, 0.1) is 0 Å². The molecule has 0 spiro atoms. The van der Waals surface area contributed by atoms with Crippen LogP contribution in [0.4, 0.5) is 34.1 Å². The minimum Gasteiger partial charge on any atom is -0.357 e. The first-order valence-electron chi connectivity index (χ1n) is 21.3. The van der Waals surface area contributed by atoms with Gasteiger partial charge in [0.25, 0.3) is 0 Å². The summed E-state index contributed by atoms with van der Waals surface area (Å²) in [5.74, 6) is 0. The lowest BCUT2D eigenvalue weighted by molar-refractivity contribution is 0.902. The molecule has 8 aromatic rings. The van der Waals surface area contributed by atoms with E-state index >= 15 is 0 Å². The van der Waals surface area contributed by atoms with Gasteiger partial charge in [0.05, 0.1) is 11.2 Å². The van der Waals surface area contributed by atoms with Crippen LogP contribution in [0.25, 0.3) is 44.5 Å². The SMILES string of the molecule is Bc1cc(-c2c3c(cc4ccccc24)N(c2ccc(S)cc2C(/C=C\CC)=C/C)c2cc(N(c4ccccc4)c4ccccc4)ccc2B3)c2[nH]c3c(c2c1)C=C(C)CC3. The molecule has 0 saturated heterocycles. The molecule has 0 bridgehead atoms. The van der Waals surface area contributed by atoms with Gasteiger partial charge in [0.15, 0.2) is 7.28 Å². The van der Waals surface area contributed by atoms with Gasteiger partial charge in [-0.15, -0.1) is 12.6 Å². The van der Waals surface area contributed by atoms with Crippen LogP contribution in [-0.2, 0) is 6.42 Å². The van der Waals surface area contributed by atoms with Gasteiger partial charge in [0, 0.05) is 61.1 Å². The van der Waals surface area contributed by atoms with Crippen molar-refractivity contribution in [1.29, 1.82) is 0 Å². The lowest BCUT2D eigenvalue weighted by atomic mass is 9.57. The quantitative estimate of drug-likeness (QED) is 0.0909. The van der Waals surface area contributed by atoms with Crippen molar-refractivity contribution in [3.05, 3.63) is 180 Å². The average Bonchev–Trinajstić information content (AvgIpc) is 3.63. The Morgan fingerprint density at radius 2 is 1.53 bits per heavy atom. The summed E-state index contributed by atoms with van der Waals surface area (Å²) in [4.78, 5) is 9.84. The summed E-state index contributed by atoms with van der Waals surface area (Å²) in [7, 11) is 3.04. The lowest BCUT2D eigenvalue weighted by Crippen LogP contribution is -2.41. The van der Waals surface area contributed by atoms with Gasteiger partial charge in [0.2, 0.25) is 0 Å². The van der Waals surface area contributed by atoms with Crippen LogP contribution in [0.3, 0.4) is 0 Å². The molecular formula is C54H47B2N3S. The van der Waals surface area contributed by atoms with E-state index in [4.69, 9.17) is 12.6 Å². The Morgan fingerprint density at radius 1 is 0.783 bits per heavy atom. The van der Waals surface area contributed by atoms with Gasteiger partial charge < -0.3 is 14.8 Å². The number of hydrogen-bond donors (Lipinski definition) is 2. The minimum atomic E-state index is 0.791. The Labute approximate surface area is 360 Å². The number of nitrogens with zero attached hydrogens (tertiary/aromatic N) is 2. The van der Waals surface area contributed by atoms with Crippen molar-refractivity contribution in [2.75, 3.05) is 9.80 Å². The molecule has 1 aromatic heterocycles. The molecule has 0 unspecified atom stereocenters.